The number of benzene rings is 1. The molecule has 0 saturated carbocycles. The summed E-state index contributed by atoms with van der Waals surface area (Å²) in [4.78, 5) is 25.8. The summed E-state index contributed by atoms with van der Waals surface area (Å²) in [6.07, 6.45) is 1.07. The third-order valence-corrected chi connectivity index (χ3v) is 6.07. The molecule has 0 aliphatic carbocycles. The zero-order chi connectivity index (χ0) is 19.4. The number of hydrogen-bond acceptors (Lipinski definition) is 7. The Balaban J connectivity index is 2.01. The zero-order valence-electron chi connectivity index (χ0n) is 15.2. The van der Waals surface area contributed by atoms with E-state index in [2.05, 4.69) is 5.32 Å². The summed E-state index contributed by atoms with van der Waals surface area (Å²) < 4.78 is 17.3. The number of ether oxygens (including phenoxy) is 3. The van der Waals surface area contributed by atoms with Gasteiger partial charge in [-0.25, -0.2) is 4.79 Å². The number of fused-ring (bicyclic) bond motifs is 1. The SMILES string of the molecule is CCCCOC(=O)Nc1c2sscc-2n(-c2ccc(OC)cc2OC)c1=O. The van der Waals surface area contributed by atoms with Crippen LogP contribution in [-0.2, 0) is 4.74 Å². The van der Waals surface area contributed by atoms with Crippen LogP contribution in [0.25, 0.3) is 16.3 Å². The van der Waals surface area contributed by atoms with Gasteiger partial charge in [-0.05, 0) is 18.6 Å². The first-order valence-corrected chi connectivity index (χ1v) is 10.6. The standard InChI is InChI=1S/C18H20N2O5S2/c1-4-5-8-25-18(22)19-15-16-13(10-26-27-16)20(17(15)21)12-7-6-11(23-2)9-14(12)24-3/h6-7,9-10H,4-5,8H2,1-3H3,(H,19,22). The number of carbonyl (C=O) groups is 1. The lowest BCUT2D eigenvalue weighted by Crippen LogP contribution is -2.21. The molecule has 0 fully saturated rings. The smallest absolute Gasteiger partial charge is 0.411 e. The molecule has 0 aromatic heterocycles. The Morgan fingerprint density at radius 3 is 2.78 bits per heavy atom. The van der Waals surface area contributed by atoms with E-state index in [9.17, 15) is 9.59 Å². The minimum absolute atomic E-state index is 0.218. The van der Waals surface area contributed by atoms with Gasteiger partial charge in [0, 0.05) is 11.4 Å². The van der Waals surface area contributed by atoms with Crippen LogP contribution in [0.5, 0.6) is 11.5 Å². The predicted molar refractivity (Wildman–Crippen MR) is 107 cm³/mol. The number of nitrogens with one attached hydrogen (secondary N) is 1. The van der Waals surface area contributed by atoms with Crippen molar-refractivity contribution in [1.82, 2.24) is 4.57 Å². The first-order chi connectivity index (χ1) is 13.1. The molecule has 7 nitrogen and oxygen atoms in total. The minimum Gasteiger partial charge on any atom is -0.497 e. The number of aromatic nitrogens is 1. The van der Waals surface area contributed by atoms with Crippen molar-refractivity contribution < 1.29 is 19.0 Å². The van der Waals surface area contributed by atoms with Crippen LogP contribution in [0.3, 0.4) is 0 Å². The molecular weight excluding hydrogens is 388 g/mol. The van der Waals surface area contributed by atoms with Crippen LogP contribution in [0, 0.1) is 0 Å². The summed E-state index contributed by atoms with van der Waals surface area (Å²) in [6.45, 7) is 2.33. The van der Waals surface area contributed by atoms with E-state index in [4.69, 9.17) is 14.2 Å². The van der Waals surface area contributed by atoms with E-state index < -0.39 is 6.09 Å². The summed E-state index contributed by atoms with van der Waals surface area (Å²) in [6, 6.07) is 5.22. The maximum Gasteiger partial charge on any atom is 0.411 e. The van der Waals surface area contributed by atoms with E-state index in [-0.39, 0.29) is 11.2 Å². The molecule has 9 heteroatoms. The number of amides is 1. The molecule has 2 aliphatic rings. The number of anilines is 1. The molecule has 0 atom stereocenters. The summed E-state index contributed by atoms with van der Waals surface area (Å²) in [5.41, 5.74) is 1.17. The van der Waals surface area contributed by atoms with Crippen molar-refractivity contribution in [3.8, 4) is 27.8 Å². The third kappa shape index (κ3) is 3.79. The van der Waals surface area contributed by atoms with Gasteiger partial charge in [0.1, 0.15) is 17.2 Å². The van der Waals surface area contributed by atoms with Crippen LogP contribution in [0.1, 0.15) is 19.8 Å². The summed E-state index contributed by atoms with van der Waals surface area (Å²) in [5, 5.41) is 4.48. The van der Waals surface area contributed by atoms with E-state index in [1.54, 1.807) is 25.3 Å². The van der Waals surface area contributed by atoms with Gasteiger partial charge in [-0.1, -0.05) is 34.0 Å². The fraction of sp³-hybridized carbons (Fsp3) is 0.333. The van der Waals surface area contributed by atoms with Crippen LogP contribution in [0.4, 0.5) is 10.5 Å². The predicted octanol–water partition coefficient (Wildman–Crippen LogP) is 4.43. The largest absolute Gasteiger partial charge is 0.497 e. The Morgan fingerprint density at radius 2 is 2.07 bits per heavy atom. The molecule has 1 amide bonds. The Morgan fingerprint density at radius 1 is 1.26 bits per heavy atom. The number of unbranched alkanes of at least 4 members (excludes halogenated alkanes) is 1. The number of carbonyl (C=O) groups excluding carboxylic acids is 1. The maximum absolute atomic E-state index is 13.1. The highest BCUT2D eigenvalue weighted by atomic mass is 32.9. The molecule has 0 bridgehead atoms. The maximum atomic E-state index is 13.1. The molecule has 1 aromatic carbocycles. The first kappa shape index (κ1) is 19.2. The fourth-order valence-electron chi connectivity index (χ4n) is 2.62. The molecule has 0 spiro atoms. The van der Waals surface area contributed by atoms with Crippen molar-refractivity contribution in [2.24, 2.45) is 0 Å². The number of hydrogen-bond donors (Lipinski definition) is 1. The van der Waals surface area contributed by atoms with Gasteiger partial charge in [0.05, 0.1) is 37.1 Å². The second-order valence-electron chi connectivity index (χ2n) is 5.68. The van der Waals surface area contributed by atoms with Crippen molar-refractivity contribution in [2.45, 2.75) is 19.8 Å². The molecule has 1 aromatic rings. The highest BCUT2D eigenvalue weighted by Crippen LogP contribution is 2.40. The van der Waals surface area contributed by atoms with Crippen molar-refractivity contribution in [1.29, 1.82) is 0 Å². The Labute approximate surface area is 163 Å². The van der Waals surface area contributed by atoms with Crippen molar-refractivity contribution in [3.63, 3.8) is 0 Å². The Hall–Kier alpha value is -2.52. The van der Waals surface area contributed by atoms with E-state index in [0.717, 1.165) is 12.8 Å². The molecular formula is C18H20N2O5S2. The Bertz CT molecular complexity index is 959. The molecule has 2 aliphatic heterocycles. The molecule has 3 rings (SSSR count). The van der Waals surface area contributed by atoms with Crippen molar-refractivity contribution in [3.05, 3.63) is 33.9 Å². The quantitative estimate of drug-likeness (QED) is 0.462. The van der Waals surface area contributed by atoms with E-state index in [0.29, 0.717) is 34.4 Å². The van der Waals surface area contributed by atoms with Gasteiger partial charge in [0.15, 0.2) is 0 Å². The van der Waals surface area contributed by atoms with Gasteiger partial charge in [-0.15, -0.1) is 0 Å². The minimum atomic E-state index is -0.625. The monoisotopic (exact) mass is 408 g/mol. The van der Waals surface area contributed by atoms with Gasteiger partial charge in [-0.2, -0.15) is 0 Å². The van der Waals surface area contributed by atoms with Crippen LogP contribution >= 0.6 is 20.7 Å². The average Bonchev–Trinajstić information content (AvgIpc) is 3.24. The lowest BCUT2D eigenvalue weighted by atomic mass is 10.2. The summed E-state index contributed by atoms with van der Waals surface area (Å²) in [5.74, 6) is 1.12. The zero-order valence-corrected chi connectivity index (χ0v) is 16.9. The van der Waals surface area contributed by atoms with Crippen molar-refractivity contribution >= 4 is 32.5 Å². The van der Waals surface area contributed by atoms with Gasteiger partial charge < -0.3 is 14.2 Å². The van der Waals surface area contributed by atoms with Crippen LogP contribution in [-0.4, -0.2) is 31.5 Å². The van der Waals surface area contributed by atoms with Gasteiger partial charge >= 0.3 is 6.09 Å². The van der Waals surface area contributed by atoms with E-state index in [1.807, 2.05) is 12.3 Å². The van der Waals surface area contributed by atoms with E-state index >= 15 is 0 Å². The second-order valence-corrected chi connectivity index (χ2v) is 7.76. The van der Waals surface area contributed by atoms with Crippen molar-refractivity contribution in [2.75, 3.05) is 26.1 Å². The molecule has 0 unspecified atom stereocenters. The topological polar surface area (TPSA) is 78.8 Å². The first-order valence-electron chi connectivity index (χ1n) is 8.39. The fourth-order valence-corrected chi connectivity index (χ4v) is 4.83. The molecule has 144 valence electrons. The van der Waals surface area contributed by atoms with Gasteiger partial charge in [-0.3, -0.25) is 14.7 Å². The molecule has 0 saturated heterocycles. The molecule has 1 N–H and O–H groups in total. The highest BCUT2D eigenvalue weighted by Gasteiger charge is 2.26. The Kier molecular flexibility index (Phi) is 6.02. The van der Waals surface area contributed by atoms with Gasteiger partial charge in [0.25, 0.3) is 5.56 Å². The summed E-state index contributed by atoms with van der Waals surface area (Å²) in [7, 11) is 6.00. The lowest BCUT2D eigenvalue weighted by Gasteiger charge is -2.11. The second kappa shape index (κ2) is 8.45. The normalized spacial score (nSPS) is 10.8. The van der Waals surface area contributed by atoms with Crippen LogP contribution in [0.2, 0.25) is 0 Å². The summed E-state index contributed by atoms with van der Waals surface area (Å²) >= 11 is 0. The number of rotatable bonds is 7. The average molecular weight is 409 g/mol. The van der Waals surface area contributed by atoms with E-state index in [1.165, 1.54) is 32.4 Å². The number of nitrogens with zero attached hydrogens (tertiary/aromatic N) is 1. The molecule has 0 radical (unpaired) electrons. The number of methoxy groups -OCH3 is 2. The molecule has 27 heavy (non-hydrogen) atoms. The molecule has 2 heterocycles. The van der Waals surface area contributed by atoms with Gasteiger partial charge in [0.2, 0.25) is 0 Å². The third-order valence-electron chi connectivity index (χ3n) is 3.99. The van der Waals surface area contributed by atoms with Crippen LogP contribution < -0.4 is 20.3 Å². The lowest BCUT2D eigenvalue weighted by molar-refractivity contribution is 0.160. The highest BCUT2D eigenvalue weighted by molar-refractivity contribution is 7.70. The van der Waals surface area contributed by atoms with Crippen LogP contribution in [0.15, 0.2) is 28.4 Å².